The van der Waals surface area contributed by atoms with E-state index < -0.39 is 7.60 Å². The fourth-order valence-corrected chi connectivity index (χ4v) is 3.39. The van der Waals surface area contributed by atoms with E-state index in [4.69, 9.17) is 15.5 Å². The molecule has 0 aliphatic rings. The van der Waals surface area contributed by atoms with Crippen LogP contribution in [0.4, 0.5) is 0 Å². The van der Waals surface area contributed by atoms with Crippen LogP contribution in [0.2, 0.25) is 0 Å². The number of nitrogens with two attached hydrogens (primary N) is 1. The van der Waals surface area contributed by atoms with Crippen molar-refractivity contribution in [3.05, 3.63) is 70.8 Å². The van der Waals surface area contributed by atoms with Crippen molar-refractivity contribution in [1.29, 1.82) is 0 Å². The van der Waals surface area contributed by atoms with Crippen molar-refractivity contribution >= 4 is 13.5 Å². The normalized spacial score (nSPS) is 11.4. The maximum atomic E-state index is 12.8. The van der Waals surface area contributed by atoms with Gasteiger partial charge >= 0.3 is 7.60 Å². The van der Waals surface area contributed by atoms with E-state index in [0.717, 1.165) is 11.1 Å². The van der Waals surface area contributed by atoms with E-state index in [-0.39, 0.29) is 12.1 Å². The quantitative estimate of drug-likeness (QED) is 0.615. The lowest BCUT2D eigenvalue weighted by Crippen LogP contribution is -2.32. The number of nitrogens with zero attached hydrogens (tertiary/aromatic N) is 1. The summed E-state index contributed by atoms with van der Waals surface area (Å²) in [4.78, 5) is 32.7. The molecule has 4 N–H and O–H groups in total. The van der Waals surface area contributed by atoms with Gasteiger partial charge in [0.15, 0.2) is 0 Å². The minimum absolute atomic E-state index is 0.0542. The first-order valence-corrected chi connectivity index (χ1v) is 10.3. The third kappa shape index (κ3) is 6.39. The molecule has 0 bridgehead atoms. The Kier molecular flexibility index (Phi) is 7.12. The van der Waals surface area contributed by atoms with Gasteiger partial charge < -0.3 is 20.4 Å². The maximum absolute atomic E-state index is 12.8. The van der Waals surface area contributed by atoms with Crippen molar-refractivity contribution in [3.8, 4) is 0 Å². The molecule has 1 amide bonds. The zero-order chi connectivity index (χ0) is 19.2. The number of rotatable bonds is 8. The van der Waals surface area contributed by atoms with Crippen LogP contribution in [0.1, 0.15) is 33.5 Å². The van der Waals surface area contributed by atoms with Gasteiger partial charge in [0.1, 0.15) is 0 Å². The molecule has 0 radical (unpaired) electrons. The van der Waals surface area contributed by atoms with Crippen LogP contribution < -0.4 is 5.73 Å². The Morgan fingerprint density at radius 2 is 1.77 bits per heavy atom. The molecule has 0 fully saturated rings. The first kappa shape index (κ1) is 20.3. The molecular weight excluding hydrogens is 351 g/mol. The van der Waals surface area contributed by atoms with E-state index >= 15 is 0 Å². The SMILES string of the molecule is Cc1cccc(C(=O)N(CCCN)Cc2ccc(CP(=O)(O)O)cc2)c1. The van der Waals surface area contributed by atoms with Gasteiger partial charge in [-0.15, -0.1) is 0 Å². The predicted octanol–water partition coefficient (Wildman–Crippen LogP) is 2.66. The molecule has 2 aromatic rings. The lowest BCUT2D eigenvalue weighted by Gasteiger charge is -2.23. The van der Waals surface area contributed by atoms with Crippen molar-refractivity contribution in [2.24, 2.45) is 5.73 Å². The minimum Gasteiger partial charge on any atom is -0.334 e. The number of carbonyl (C=O) groups excluding carboxylic acids is 1. The maximum Gasteiger partial charge on any atom is 0.329 e. The standard InChI is InChI=1S/C19H25N2O4P/c1-15-4-2-5-18(12-15)19(22)21(11-3-10-20)13-16-6-8-17(9-7-16)14-26(23,24)25/h2,4-9,12H,3,10-11,13-14,20H2,1H3,(H2,23,24,25). The summed E-state index contributed by atoms with van der Waals surface area (Å²) in [7, 11) is -4.08. The highest BCUT2D eigenvalue weighted by Crippen LogP contribution is 2.38. The summed E-state index contributed by atoms with van der Waals surface area (Å²) < 4.78 is 11.1. The second-order valence-electron chi connectivity index (χ2n) is 6.38. The second kappa shape index (κ2) is 9.10. The van der Waals surface area contributed by atoms with Crippen LogP contribution in [0, 0.1) is 6.92 Å². The molecule has 0 heterocycles. The summed E-state index contributed by atoms with van der Waals surface area (Å²) in [6, 6.07) is 14.4. The Morgan fingerprint density at radius 3 is 2.35 bits per heavy atom. The van der Waals surface area contributed by atoms with Gasteiger partial charge in [0, 0.05) is 18.7 Å². The largest absolute Gasteiger partial charge is 0.334 e. The molecule has 0 unspecified atom stereocenters. The van der Waals surface area contributed by atoms with Gasteiger partial charge in [0.25, 0.3) is 5.91 Å². The van der Waals surface area contributed by atoms with E-state index in [1.807, 2.05) is 25.1 Å². The first-order chi connectivity index (χ1) is 12.3. The number of hydrogen-bond donors (Lipinski definition) is 3. The van der Waals surface area contributed by atoms with Gasteiger partial charge in [0.05, 0.1) is 6.16 Å². The van der Waals surface area contributed by atoms with Crippen LogP contribution in [0.15, 0.2) is 48.5 Å². The molecule has 2 rings (SSSR count). The van der Waals surface area contributed by atoms with E-state index in [1.165, 1.54) is 0 Å². The van der Waals surface area contributed by atoms with Crippen LogP contribution in [0.25, 0.3) is 0 Å². The van der Waals surface area contributed by atoms with E-state index in [9.17, 15) is 9.36 Å². The summed E-state index contributed by atoms with van der Waals surface area (Å²) in [5, 5.41) is 0. The molecule has 0 atom stereocenters. The Bertz CT molecular complexity index is 786. The number of aryl methyl sites for hydroxylation is 1. The molecule has 140 valence electrons. The van der Waals surface area contributed by atoms with Gasteiger partial charge in [-0.25, -0.2) is 0 Å². The van der Waals surface area contributed by atoms with Crippen LogP contribution in [0.3, 0.4) is 0 Å². The summed E-state index contributed by atoms with van der Waals surface area (Å²) in [5.41, 5.74) is 8.73. The van der Waals surface area contributed by atoms with Crippen molar-refractivity contribution in [2.75, 3.05) is 13.1 Å². The topological polar surface area (TPSA) is 104 Å². The average molecular weight is 376 g/mol. The third-order valence-electron chi connectivity index (χ3n) is 3.97. The molecule has 7 heteroatoms. The van der Waals surface area contributed by atoms with Crippen molar-refractivity contribution in [2.45, 2.75) is 26.1 Å². The molecule has 2 aromatic carbocycles. The van der Waals surface area contributed by atoms with Gasteiger partial charge in [-0.1, -0.05) is 42.0 Å². The van der Waals surface area contributed by atoms with Crippen LogP contribution in [-0.4, -0.2) is 33.7 Å². The predicted molar refractivity (Wildman–Crippen MR) is 102 cm³/mol. The van der Waals surface area contributed by atoms with Gasteiger partial charge in [-0.2, -0.15) is 0 Å². The van der Waals surface area contributed by atoms with Crippen molar-refractivity contribution < 1.29 is 19.1 Å². The summed E-state index contributed by atoms with van der Waals surface area (Å²) in [5.74, 6) is -0.0542. The molecule has 0 aliphatic carbocycles. The molecule has 0 aromatic heterocycles. The Hall–Kier alpha value is -1.98. The fourth-order valence-electron chi connectivity index (χ4n) is 2.70. The first-order valence-electron chi connectivity index (χ1n) is 8.47. The second-order valence-corrected chi connectivity index (χ2v) is 8.02. The van der Waals surface area contributed by atoms with Crippen LogP contribution in [-0.2, 0) is 17.3 Å². The summed E-state index contributed by atoms with van der Waals surface area (Å²) >= 11 is 0. The average Bonchev–Trinajstić information content (AvgIpc) is 2.58. The van der Waals surface area contributed by atoms with E-state index in [0.29, 0.717) is 37.2 Å². The zero-order valence-corrected chi connectivity index (χ0v) is 15.7. The molecule has 6 nitrogen and oxygen atoms in total. The molecule has 26 heavy (non-hydrogen) atoms. The highest BCUT2D eigenvalue weighted by atomic mass is 31.2. The highest BCUT2D eigenvalue weighted by molar-refractivity contribution is 7.50. The number of carbonyl (C=O) groups is 1. The Labute approximate surface area is 153 Å². The van der Waals surface area contributed by atoms with Crippen molar-refractivity contribution in [1.82, 2.24) is 4.90 Å². The zero-order valence-electron chi connectivity index (χ0n) is 14.8. The Morgan fingerprint density at radius 1 is 1.12 bits per heavy atom. The minimum atomic E-state index is -4.08. The van der Waals surface area contributed by atoms with Gasteiger partial charge in [-0.3, -0.25) is 9.36 Å². The van der Waals surface area contributed by atoms with E-state index in [1.54, 1.807) is 35.2 Å². The summed E-state index contributed by atoms with van der Waals surface area (Å²) in [6.45, 7) is 3.41. The number of hydrogen-bond acceptors (Lipinski definition) is 3. The molecule has 0 saturated heterocycles. The summed E-state index contributed by atoms with van der Waals surface area (Å²) in [6.07, 6.45) is 0.417. The fraction of sp³-hybridized carbons (Fsp3) is 0.316. The molecule has 0 saturated carbocycles. The van der Waals surface area contributed by atoms with Crippen molar-refractivity contribution in [3.63, 3.8) is 0 Å². The van der Waals surface area contributed by atoms with Crippen LogP contribution in [0.5, 0.6) is 0 Å². The van der Waals surface area contributed by atoms with Gasteiger partial charge in [0.2, 0.25) is 0 Å². The Balaban J connectivity index is 2.14. The number of benzene rings is 2. The van der Waals surface area contributed by atoms with Gasteiger partial charge in [-0.05, 0) is 43.1 Å². The third-order valence-corrected chi connectivity index (χ3v) is 4.75. The lowest BCUT2D eigenvalue weighted by molar-refractivity contribution is 0.0742. The molecule has 0 spiro atoms. The number of amides is 1. The van der Waals surface area contributed by atoms with Crippen LogP contribution >= 0.6 is 7.60 Å². The molecule has 0 aliphatic heterocycles. The monoisotopic (exact) mass is 376 g/mol. The van der Waals surface area contributed by atoms with E-state index in [2.05, 4.69) is 0 Å². The lowest BCUT2D eigenvalue weighted by atomic mass is 10.1. The smallest absolute Gasteiger partial charge is 0.329 e. The molecular formula is C19H25N2O4P. The highest BCUT2D eigenvalue weighted by Gasteiger charge is 2.17.